The maximum atomic E-state index is 12.5. The number of hydrogen-bond acceptors (Lipinski definition) is 4. The molecule has 0 unspecified atom stereocenters. The van der Waals surface area contributed by atoms with Crippen molar-refractivity contribution < 1.29 is 9.59 Å². The van der Waals surface area contributed by atoms with Gasteiger partial charge in [-0.25, -0.2) is 4.98 Å². The fourth-order valence-electron chi connectivity index (χ4n) is 3.76. The molecule has 25 heavy (non-hydrogen) atoms. The van der Waals surface area contributed by atoms with Gasteiger partial charge in [-0.2, -0.15) is 0 Å². The van der Waals surface area contributed by atoms with Crippen molar-refractivity contribution in [1.29, 1.82) is 0 Å². The Labute approximate surface area is 149 Å². The van der Waals surface area contributed by atoms with Crippen LogP contribution in [0.4, 0.5) is 0 Å². The van der Waals surface area contributed by atoms with Crippen molar-refractivity contribution in [2.75, 3.05) is 26.2 Å². The molecule has 0 radical (unpaired) electrons. The quantitative estimate of drug-likeness (QED) is 0.843. The number of carbonyl (C=O) groups excluding carboxylic acids is 2. The van der Waals surface area contributed by atoms with Gasteiger partial charge < -0.3 is 9.80 Å². The molecule has 2 fully saturated rings. The summed E-state index contributed by atoms with van der Waals surface area (Å²) in [4.78, 5) is 36.7. The lowest BCUT2D eigenvalue weighted by Crippen LogP contribution is -2.39. The molecule has 0 bridgehead atoms. The molecule has 1 aromatic rings. The second-order valence-corrected chi connectivity index (χ2v) is 7.55. The predicted octanol–water partition coefficient (Wildman–Crippen LogP) is 2.15. The number of carbonyl (C=O) groups is 2. The largest absolute Gasteiger partial charge is 0.343 e. The van der Waals surface area contributed by atoms with Crippen LogP contribution in [0.2, 0.25) is 0 Å². The van der Waals surface area contributed by atoms with Gasteiger partial charge in [0.05, 0.1) is 11.9 Å². The van der Waals surface area contributed by atoms with E-state index in [0.29, 0.717) is 17.5 Å². The Morgan fingerprint density at radius 3 is 2.48 bits per heavy atom. The molecule has 2 saturated heterocycles. The van der Waals surface area contributed by atoms with E-state index < -0.39 is 0 Å². The lowest BCUT2D eigenvalue weighted by Gasteiger charge is -2.32. The third kappa shape index (κ3) is 4.55. The van der Waals surface area contributed by atoms with Crippen molar-refractivity contribution in [2.24, 2.45) is 11.8 Å². The first-order valence-corrected chi connectivity index (χ1v) is 9.38. The Balaban J connectivity index is 1.57. The number of nitrogens with zero attached hydrogens (tertiary/aromatic N) is 4. The summed E-state index contributed by atoms with van der Waals surface area (Å²) in [5.74, 6) is 1.26. The zero-order valence-electron chi connectivity index (χ0n) is 15.3. The summed E-state index contributed by atoms with van der Waals surface area (Å²) >= 11 is 0. The van der Waals surface area contributed by atoms with Gasteiger partial charge in [-0.15, -0.1) is 0 Å². The standard InChI is InChI=1S/C19H28N4O2/c1-14-5-8-22(9-6-14)19(25)18-12-20-17(11-21-18)10-16-4-3-7-23(13-16)15(2)24/h11-12,14,16H,3-10,13H2,1-2H3/t16-/m0/s1. The van der Waals surface area contributed by atoms with Crippen LogP contribution in [-0.4, -0.2) is 57.8 Å². The average Bonchev–Trinajstić information content (AvgIpc) is 2.63. The third-order valence-corrected chi connectivity index (χ3v) is 5.46. The van der Waals surface area contributed by atoms with Crippen molar-refractivity contribution in [3.63, 3.8) is 0 Å². The van der Waals surface area contributed by atoms with Gasteiger partial charge >= 0.3 is 0 Å². The predicted molar refractivity (Wildman–Crippen MR) is 95.0 cm³/mol. The van der Waals surface area contributed by atoms with E-state index >= 15 is 0 Å². The monoisotopic (exact) mass is 344 g/mol. The average molecular weight is 344 g/mol. The number of rotatable bonds is 3. The molecule has 136 valence electrons. The first-order valence-electron chi connectivity index (χ1n) is 9.38. The van der Waals surface area contributed by atoms with Crippen LogP contribution in [0, 0.1) is 11.8 Å². The number of piperidine rings is 2. The second-order valence-electron chi connectivity index (χ2n) is 7.55. The summed E-state index contributed by atoms with van der Waals surface area (Å²) in [6, 6.07) is 0. The highest BCUT2D eigenvalue weighted by atomic mass is 16.2. The minimum absolute atomic E-state index is 0.00799. The smallest absolute Gasteiger partial charge is 0.274 e. The van der Waals surface area contributed by atoms with Gasteiger partial charge in [0, 0.05) is 39.3 Å². The Morgan fingerprint density at radius 1 is 1.08 bits per heavy atom. The Bertz CT molecular complexity index is 608. The number of aromatic nitrogens is 2. The first-order chi connectivity index (χ1) is 12.0. The molecule has 2 aliphatic heterocycles. The van der Waals surface area contributed by atoms with Crippen LogP contribution in [0.25, 0.3) is 0 Å². The van der Waals surface area contributed by atoms with Gasteiger partial charge in [-0.05, 0) is 43.9 Å². The van der Waals surface area contributed by atoms with Crippen LogP contribution >= 0.6 is 0 Å². The number of likely N-dealkylation sites (tertiary alicyclic amines) is 2. The van der Waals surface area contributed by atoms with Crippen molar-refractivity contribution >= 4 is 11.8 Å². The Morgan fingerprint density at radius 2 is 1.84 bits per heavy atom. The van der Waals surface area contributed by atoms with E-state index in [2.05, 4.69) is 16.9 Å². The van der Waals surface area contributed by atoms with E-state index in [9.17, 15) is 9.59 Å². The molecular weight excluding hydrogens is 316 g/mol. The summed E-state index contributed by atoms with van der Waals surface area (Å²) in [5, 5.41) is 0. The van der Waals surface area contributed by atoms with Crippen LogP contribution in [0.3, 0.4) is 0 Å². The molecule has 6 heteroatoms. The fourth-order valence-corrected chi connectivity index (χ4v) is 3.76. The van der Waals surface area contributed by atoms with Gasteiger partial charge in [0.25, 0.3) is 5.91 Å². The highest BCUT2D eigenvalue weighted by Crippen LogP contribution is 2.21. The molecule has 1 aromatic heterocycles. The van der Waals surface area contributed by atoms with E-state index in [0.717, 1.165) is 64.0 Å². The molecule has 1 atom stereocenters. The highest BCUT2D eigenvalue weighted by molar-refractivity contribution is 5.92. The van der Waals surface area contributed by atoms with Crippen molar-refractivity contribution in [2.45, 2.75) is 46.0 Å². The maximum Gasteiger partial charge on any atom is 0.274 e. The zero-order chi connectivity index (χ0) is 17.8. The van der Waals surface area contributed by atoms with E-state index in [4.69, 9.17) is 0 Å². The summed E-state index contributed by atoms with van der Waals surface area (Å²) in [5.41, 5.74) is 1.34. The van der Waals surface area contributed by atoms with Gasteiger partial charge in [-0.3, -0.25) is 14.6 Å². The molecule has 2 amide bonds. The zero-order valence-corrected chi connectivity index (χ0v) is 15.3. The van der Waals surface area contributed by atoms with Crippen molar-refractivity contribution in [1.82, 2.24) is 19.8 Å². The molecule has 0 aliphatic carbocycles. The number of amides is 2. The molecule has 2 aliphatic rings. The summed E-state index contributed by atoms with van der Waals surface area (Å²) < 4.78 is 0. The number of hydrogen-bond donors (Lipinski definition) is 0. The Kier molecular flexibility index (Phi) is 5.66. The second kappa shape index (κ2) is 7.93. The molecular formula is C19H28N4O2. The van der Waals surface area contributed by atoms with Gasteiger partial charge in [-0.1, -0.05) is 6.92 Å². The van der Waals surface area contributed by atoms with Crippen LogP contribution < -0.4 is 0 Å². The van der Waals surface area contributed by atoms with Gasteiger partial charge in [0.2, 0.25) is 5.91 Å². The topological polar surface area (TPSA) is 66.4 Å². The summed E-state index contributed by atoms with van der Waals surface area (Å²) in [6.45, 7) is 7.14. The highest BCUT2D eigenvalue weighted by Gasteiger charge is 2.24. The SMILES string of the molecule is CC(=O)N1CCC[C@@H](Cc2cnc(C(=O)N3CCC(C)CC3)cn2)C1. The molecule has 0 N–H and O–H groups in total. The van der Waals surface area contributed by atoms with E-state index in [-0.39, 0.29) is 11.8 Å². The van der Waals surface area contributed by atoms with Crippen LogP contribution in [0.5, 0.6) is 0 Å². The summed E-state index contributed by atoms with van der Waals surface area (Å²) in [7, 11) is 0. The minimum Gasteiger partial charge on any atom is -0.343 e. The molecule has 3 heterocycles. The lowest BCUT2D eigenvalue weighted by atomic mass is 9.93. The third-order valence-electron chi connectivity index (χ3n) is 5.46. The molecule has 3 rings (SSSR count). The maximum absolute atomic E-state index is 12.5. The van der Waals surface area contributed by atoms with E-state index in [1.54, 1.807) is 19.3 Å². The van der Waals surface area contributed by atoms with Crippen LogP contribution in [0.15, 0.2) is 12.4 Å². The van der Waals surface area contributed by atoms with Crippen molar-refractivity contribution in [3.8, 4) is 0 Å². The normalized spacial score (nSPS) is 22.1. The molecule has 6 nitrogen and oxygen atoms in total. The first kappa shape index (κ1) is 17.8. The fraction of sp³-hybridized carbons (Fsp3) is 0.684. The molecule has 0 aromatic carbocycles. The van der Waals surface area contributed by atoms with Crippen LogP contribution in [0.1, 0.15) is 55.7 Å². The molecule has 0 spiro atoms. The lowest BCUT2D eigenvalue weighted by molar-refractivity contribution is -0.130. The van der Waals surface area contributed by atoms with Gasteiger partial charge in [0.1, 0.15) is 5.69 Å². The van der Waals surface area contributed by atoms with E-state index in [1.165, 1.54) is 0 Å². The van der Waals surface area contributed by atoms with E-state index in [1.807, 2.05) is 9.80 Å². The van der Waals surface area contributed by atoms with Crippen LogP contribution in [-0.2, 0) is 11.2 Å². The van der Waals surface area contributed by atoms with Gasteiger partial charge in [0.15, 0.2) is 0 Å². The Hall–Kier alpha value is -1.98. The minimum atomic E-state index is -0.00799. The molecule has 0 saturated carbocycles. The summed E-state index contributed by atoms with van der Waals surface area (Å²) in [6.07, 6.45) is 8.43. The van der Waals surface area contributed by atoms with Crippen molar-refractivity contribution in [3.05, 3.63) is 23.8 Å².